The van der Waals surface area contributed by atoms with Gasteiger partial charge in [0.15, 0.2) is 0 Å². The van der Waals surface area contributed by atoms with Crippen molar-refractivity contribution in [3.05, 3.63) is 0 Å². The van der Waals surface area contributed by atoms with E-state index in [9.17, 15) is 4.79 Å². The maximum atomic E-state index is 11.2. The number of carbonyl (C=O) groups excluding carboxylic acids is 1. The Morgan fingerprint density at radius 3 is 2.27 bits per heavy atom. The number of hydrogen-bond donors (Lipinski definition) is 2. The van der Waals surface area contributed by atoms with Crippen molar-refractivity contribution >= 4 is 17.7 Å². The molecule has 4 heteroatoms. The van der Waals surface area contributed by atoms with E-state index in [0.29, 0.717) is 5.25 Å². The summed E-state index contributed by atoms with van der Waals surface area (Å²) in [6.07, 6.45) is 2.00. The van der Waals surface area contributed by atoms with E-state index in [-0.39, 0.29) is 11.9 Å². The van der Waals surface area contributed by atoms with Gasteiger partial charge in [0, 0.05) is 12.3 Å². The average molecular weight is 176 g/mol. The fourth-order valence-electron chi connectivity index (χ4n) is 0.871. The van der Waals surface area contributed by atoms with Crippen LogP contribution in [-0.2, 0) is 4.79 Å². The van der Waals surface area contributed by atoms with Crippen LogP contribution in [0.3, 0.4) is 0 Å². The Hall–Kier alpha value is -0.220. The standard InChI is InChI=1S/C7H16N2OS/c1-5(11-4)6(8-2)7(10)9-3/h5-6,8H,1-4H3,(H,9,10). The van der Waals surface area contributed by atoms with Crippen LogP contribution >= 0.6 is 11.8 Å². The normalized spacial score (nSPS) is 15.6. The number of amides is 1. The van der Waals surface area contributed by atoms with Gasteiger partial charge in [-0.2, -0.15) is 11.8 Å². The van der Waals surface area contributed by atoms with Crippen LogP contribution in [0.25, 0.3) is 0 Å². The van der Waals surface area contributed by atoms with Crippen molar-refractivity contribution in [2.75, 3.05) is 20.4 Å². The number of likely N-dealkylation sites (N-methyl/N-ethyl adjacent to an activating group) is 2. The summed E-state index contributed by atoms with van der Waals surface area (Å²) < 4.78 is 0. The number of thioether (sulfide) groups is 1. The Morgan fingerprint density at radius 1 is 1.45 bits per heavy atom. The predicted octanol–water partition coefficient (Wildman–Crippen LogP) is 0.0719. The van der Waals surface area contributed by atoms with E-state index in [0.717, 1.165) is 0 Å². The summed E-state index contributed by atoms with van der Waals surface area (Å²) in [7, 11) is 3.45. The molecule has 1 amide bonds. The molecular weight excluding hydrogens is 160 g/mol. The van der Waals surface area contributed by atoms with Crippen molar-refractivity contribution in [2.45, 2.75) is 18.2 Å². The Bertz CT molecular complexity index is 130. The highest BCUT2D eigenvalue weighted by atomic mass is 32.2. The molecule has 0 aromatic rings. The predicted molar refractivity (Wildman–Crippen MR) is 49.9 cm³/mol. The molecule has 2 atom stereocenters. The Labute approximate surface area is 72.3 Å². The van der Waals surface area contributed by atoms with Crippen LogP contribution in [0.1, 0.15) is 6.92 Å². The Morgan fingerprint density at radius 2 is 2.00 bits per heavy atom. The second-order valence-electron chi connectivity index (χ2n) is 2.32. The minimum atomic E-state index is -0.0880. The molecule has 0 aromatic carbocycles. The molecule has 0 aliphatic carbocycles. The van der Waals surface area contributed by atoms with Crippen LogP contribution in [0, 0.1) is 0 Å². The summed E-state index contributed by atoms with van der Waals surface area (Å²) in [6, 6.07) is -0.0880. The van der Waals surface area contributed by atoms with Gasteiger partial charge in [-0.25, -0.2) is 0 Å². The topological polar surface area (TPSA) is 41.1 Å². The number of carbonyl (C=O) groups is 1. The zero-order valence-corrected chi connectivity index (χ0v) is 8.29. The second kappa shape index (κ2) is 5.43. The molecule has 0 radical (unpaired) electrons. The molecule has 0 aromatic heterocycles. The van der Waals surface area contributed by atoms with Crippen LogP contribution in [0.15, 0.2) is 0 Å². The van der Waals surface area contributed by atoms with Gasteiger partial charge in [-0.15, -0.1) is 0 Å². The van der Waals surface area contributed by atoms with Gasteiger partial charge in [0.1, 0.15) is 0 Å². The molecule has 0 rings (SSSR count). The van der Waals surface area contributed by atoms with Gasteiger partial charge in [-0.3, -0.25) is 4.79 Å². The summed E-state index contributed by atoms with van der Waals surface area (Å²) in [5.41, 5.74) is 0. The number of rotatable bonds is 4. The van der Waals surface area contributed by atoms with E-state index in [2.05, 4.69) is 10.6 Å². The summed E-state index contributed by atoms with van der Waals surface area (Å²) in [4.78, 5) is 11.2. The zero-order valence-electron chi connectivity index (χ0n) is 7.47. The molecule has 0 spiro atoms. The maximum absolute atomic E-state index is 11.2. The molecule has 0 saturated carbocycles. The summed E-state index contributed by atoms with van der Waals surface area (Å²) in [5.74, 6) is 0.0503. The Balaban J connectivity index is 4.03. The van der Waals surface area contributed by atoms with Crippen LogP contribution in [0.2, 0.25) is 0 Å². The fourth-order valence-corrected chi connectivity index (χ4v) is 1.40. The molecule has 0 fully saturated rings. The van der Waals surface area contributed by atoms with E-state index in [1.165, 1.54) is 0 Å². The van der Waals surface area contributed by atoms with Crippen molar-refractivity contribution in [3.63, 3.8) is 0 Å². The van der Waals surface area contributed by atoms with Crippen LogP contribution < -0.4 is 10.6 Å². The SMILES string of the molecule is CNC(=O)C(NC)C(C)SC. The molecule has 0 aliphatic rings. The van der Waals surface area contributed by atoms with E-state index in [1.807, 2.05) is 13.2 Å². The molecule has 2 N–H and O–H groups in total. The zero-order chi connectivity index (χ0) is 8.85. The van der Waals surface area contributed by atoms with Crippen molar-refractivity contribution in [2.24, 2.45) is 0 Å². The lowest BCUT2D eigenvalue weighted by Gasteiger charge is -2.19. The van der Waals surface area contributed by atoms with Crippen molar-refractivity contribution in [3.8, 4) is 0 Å². The first kappa shape index (κ1) is 10.8. The van der Waals surface area contributed by atoms with Crippen LogP contribution in [0.4, 0.5) is 0 Å². The highest BCUT2D eigenvalue weighted by Gasteiger charge is 2.20. The molecular formula is C7H16N2OS. The van der Waals surface area contributed by atoms with E-state index in [4.69, 9.17) is 0 Å². The van der Waals surface area contributed by atoms with Gasteiger partial charge in [-0.1, -0.05) is 6.92 Å². The van der Waals surface area contributed by atoms with Gasteiger partial charge in [0.25, 0.3) is 0 Å². The molecule has 0 bridgehead atoms. The number of hydrogen-bond acceptors (Lipinski definition) is 3. The minimum Gasteiger partial charge on any atom is -0.358 e. The molecule has 0 heterocycles. The largest absolute Gasteiger partial charge is 0.358 e. The third kappa shape index (κ3) is 3.12. The highest BCUT2D eigenvalue weighted by Crippen LogP contribution is 2.09. The molecule has 0 aliphatic heterocycles. The first-order chi connectivity index (χ1) is 5.17. The number of nitrogens with one attached hydrogen (secondary N) is 2. The lowest BCUT2D eigenvalue weighted by Crippen LogP contribution is -2.46. The lowest BCUT2D eigenvalue weighted by atomic mass is 10.2. The van der Waals surface area contributed by atoms with E-state index in [1.54, 1.807) is 25.9 Å². The summed E-state index contributed by atoms with van der Waals surface area (Å²) in [5, 5.41) is 5.89. The van der Waals surface area contributed by atoms with Crippen molar-refractivity contribution in [1.29, 1.82) is 0 Å². The van der Waals surface area contributed by atoms with Crippen molar-refractivity contribution < 1.29 is 4.79 Å². The van der Waals surface area contributed by atoms with Crippen molar-refractivity contribution in [1.82, 2.24) is 10.6 Å². The highest BCUT2D eigenvalue weighted by molar-refractivity contribution is 7.99. The molecule has 3 nitrogen and oxygen atoms in total. The molecule has 2 unspecified atom stereocenters. The lowest BCUT2D eigenvalue weighted by molar-refractivity contribution is -0.122. The third-order valence-electron chi connectivity index (χ3n) is 1.68. The van der Waals surface area contributed by atoms with Gasteiger partial charge < -0.3 is 10.6 Å². The summed E-state index contributed by atoms with van der Waals surface area (Å²) >= 11 is 1.68. The van der Waals surface area contributed by atoms with Gasteiger partial charge >= 0.3 is 0 Å². The first-order valence-corrected chi connectivity index (χ1v) is 4.87. The average Bonchev–Trinajstić information content (AvgIpc) is 2.05. The summed E-state index contributed by atoms with van der Waals surface area (Å²) in [6.45, 7) is 2.03. The molecule has 66 valence electrons. The first-order valence-electron chi connectivity index (χ1n) is 3.59. The van der Waals surface area contributed by atoms with E-state index < -0.39 is 0 Å². The quantitative estimate of drug-likeness (QED) is 0.637. The third-order valence-corrected chi connectivity index (χ3v) is 2.70. The van der Waals surface area contributed by atoms with E-state index >= 15 is 0 Å². The smallest absolute Gasteiger partial charge is 0.238 e. The fraction of sp³-hybridized carbons (Fsp3) is 0.857. The van der Waals surface area contributed by atoms with Gasteiger partial charge in [-0.05, 0) is 13.3 Å². The van der Waals surface area contributed by atoms with Gasteiger partial charge in [0.05, 0.1) is 6.04 Å². The maximum Gasteiger partial charge on any atom is 0.238 e. The van der Waals surface area contributed by atoms with Gasteiger partial charge in [0.2, 0.25) is 5.91 Å². The molecule has 0 saturated heterocycles. The minimum absolute atomic E-state index is 0.0503. The second-order valence-corrected chi connectivity index (χ2v) is 3.54. The Kier molecular flexibility index (Phi) is 5.32. The molecule has 11 heavy (non-hydrogen) atoms. The monoisotopic (exact) mass is 176 g/mol. The van der Waals surface area contributed by atoms with Crippen LogP contribution in [-0.4, -0.2) is 37.6 Å². The van der Waals surface area contributed by atoms with Crippen LogP contribution in [0.5, 0.6) is 0 Å².